The fourth-order valence-corrected chi connectivity index (χ4v) is 8.11. The Kier molecular flexibility index (Phi) is 9.29. The molecule has 3 saturated heterocycles. The zero-order valence-electron chi connectivity index (χ0n) is 27.6. The largest absolute Gasteiger partial charge is 0.492 e. The fourth-order valence-electron chi connectivity index (χ4n) is 8.11. The maximum atomic E-state index is 7.02. The molecule has 0 bridgehead atoms. The first-order valence-electron chi connectivity index (χ1n) is 18.2. The van der Waals surface area contributed by atoms with Crippen LogP contribution in [0.2, 0.25) is 0 Å². The van der Waals surface area contributed by atoms with E-state index in [9.17, 15) is 0 Å². The van der Waals surface area contributed by atoms with Crippen LogP contribution in [-0.2, 0) is 14.9 Å². The highest BCUT2D eigenvalue weighted by atomic mass is 16.7. The molecule has 0 amide bonds. The molecule has 1 spiro atoms. The Morgan fingerprint density at radius 3 is 1.96 bits per heavy atom. The van der Waals surface area contributed by atoms with Crippen molar-refractivity contribution in [1.29, 1.82) is 0 Å². The van der Waals surface area contributed by atoms with Gasteiger partial charge in [-0.2, -0.15) is 0 Å². The topological polar surface area (TPSA) is 58.6 Å². The lowest BCUT2D eigenvalue weighted by molar-refractivity contribution is -0.106. The summed E-state index contributed by atoms with van der Waals surface area (Å²) in [5.41, 5.74) is 3.72. The molecule has 4 heterocycles. The SMILES string of the molecule is c1cc(C2Oc3cc(OC4CCCCO4)ccc3C3(CC3)C2c2ccc(OC3CCCCO3)cc2)ccc1OCCN1CCCCC1. The Bertz CT molecular complexity index is 1450. The molecule has 4 aliphatic heterocycles. The summed E-state index contributed by atoms with van der Waals surface area (Å²) in [5.74, 6) is 3.67. The van der Waals surface area contributed by atoms with Gasteiger partial charge >= 0.3 is 0 Å². The number of hydrogen-bond donors (Lipinski definition) is 0. The fraction of sp³-hybridized carbons (Fsp3) is 0.550. The lowest BCUT2D eigenvalue weighted by Crippen LogP contribution is -2.33. The molecule has 3 aromatic rings. The van der Waals surface area contributed by atoms with E-state index in [1.54, 1.807) is 0 Å². The third-order valence-corrected chi connectivity index (χ3v) is 10.8. The van der Waals surface area contributed by atoms with Gasteiger partial charge in [0.1, 0.15) is 35.7 Å². The van der Waals surface area contributed by atoms with Crippen molar-refractivity contribution in [2.75, 3.05) is 39.5 Å². The monoisotopic (exact) mass is 639 g/mol. The molecule has 8 rings (SSSR count). The van der Waals surface area contributed by atoms with Gasteiger partial charge in [0.2, 0.25) is 0 Å². The summed E-state index contributed by atoms with van der Waals surface area (Å²) in [6, 6.07) is 23.7. The normalized spacial score (nSPS) is 27.0. The van der Waals surface area contributed by atoms with E-state index in [0.29, 0.717) is 6.61 Å². The third kappa shape index (κ3) is 6.99. The predicted molar refractivity (Wildman–Crippen MR) is 181 cm³/mol. The number of rotatable bonds is 10. The Morgan fingerprint density at radius 2 is 1.30 bits per heavy atom. The molecule has 4 unspecified atom stereocenters. The second-order valence-electron chi connectivity index (χ2n) is 14.0. The molecule has 1 aliphatic carbocycles. The van der Waals surface area contributed by atoms with Gasteiger partial charge in [0.05, 0.1) is 13.2 Å². The maximum Gasteiger partial charge on any atom is 0.199 e. The lowest BCUT2D eigenvalue weighted by Gasteiger charge is -2.41. The zero-order chi connectivity index (χ0) is 31.5. The molecule has 5 aliphatic rings. The van der Waals surface area contributed by atoms with E-state index in [1.165, 1.54) is 43.5 Å². The molecule has 47 heavy (non-hydrogen) atoms. The van der Waals surface area contributed by atoms with Crippen LogP contribution in [0.4, 0.5) is 0 Å². The number of nitrogens with zero attached hydrogens (tertiary/aromatic N) is 1. The van der Waals surface area contributed by atoms with Gasteiger partial charge in [-0.1, -0.05) is 36.8 Å². The van der Waals surface area contributed by atoms with Crippen LogP contribution < -0.4 is 18.9 Å². The quantitative estimate of drug-likeness (QED) is 0.221. The minimum Gasteiger partial charge on any atom is -0.492 e. The zero-order valence-corrected chi connectivity index (χ0v) is 27.6. The van der Waals surface area contributed by atoms with Crippen molar-refractivity contribution in [3.8, 4) is 23.0 Å². The van der Waals surface area contributed by atoms with E-state index in [4.69, 9.17) is 28.4 Å². The summed E-state index contributed by atoms with van der Waals surface area (Å²) in [5, 5.41) is 0. The van der Waals surface area contributed by atoms with Crippen molar-refractivity contribution in [3.05, 3.63) is 83.4 Å². The average Bonchev–Trinajstić information content (AvgIpc) is 3.91. The van der Waals surface area contributed by atoms with Crippen molar-refractivity contribution in [2.45, 2.75) is 101 Å². The Morgan fingerprint density at radius 1 is 0.660 bits per heavy atom. The second-order valence-corrected chi connectivity index (χ2v) is 14.0. The number of hydrogen-bond acceptors (Lipinski definition) is 7. The molecule has 1 saturated carbocycles. The number of likely N-dealkylation sites (tertiary alicyclic amines) is 1. The first kappa shape index (κ1) is 31.0. The molecule has 3 aromatic carbocycles. The van der Waals surface area contributed by atoms with Gasteiger partial charge in [0.15, 0.2) is 12.6 Å². The highest BCUT2D eigenvalue weighted by molar-refractivity contribution is 5.54. The first-order valence-corrected chi connectivity index (χ1v) is 18.2. The number of piperidine rings is 1. The van der Waals surface area contributed by atoms with E-state index in [1.807, 2.05) is 0 Å². The first-order chi connectivity index (χ1) is 23.2. The summed E-state index contributed by atoms with van der Waals surface area (Å²) in [6.07, 6.45) is 12.1. The highest BCUT2D eigenvalue weighted by Gasteiger charge is 2.58. The van der Waals surface area contributed by atoms with Crippen LogP contribution in [0.25, 0.3) is 0 Å². The van der Waals surface area contributed by atoms with Gasteiger partial charge in [-0.15, -0.1) is 0 Å². The molecule has 4 atom stereocenters. The van der Waals surface area contributed by atoms with Crippen molar-refractivity contribution >= 4 is 0 Å². The van der Waals surface area contributed by atoms with E-state index in [0.717, 1.165) is 99.7 Å². The molecule has 7 nitrogen and oxygen atoms in total. The van der Waals surface area contributed by atoms with Crippen LogP contribution in [0, 0.1) is 0 Å². The summed E-state index contributed by atoms with van der Waals surface area (Å²) < 4.78 is 37.4. The minimum absolute atomic E-state index is 0.0105. The van der Waals surface area contributed by atoms with E-state index >= 15 is 0 Å². The summed E-state index contributed by atoms with van der Waals surface area (Å²) in [7, 11) is 0. The number of ether oxygens (including phenoxy) is 6. The van der Waals surface area contributed by atoms with Gasteiger partial charge in [0, 0.05) is 42.3 Å². The second kappa shape index (κ2) is 14.1. The van der Waals surface area contributed by atoms with Gasteiger partial charge in [-0.3, -0.25) is 4.90 Å². The molecule has 0 radical (unpaired) electrons. The molecular weight excluding hydrogens is 590 g/mol. The van der Waals surface area contributed by atoms with Gasteiger partial charge in [-0.25, -0.2) is 0 Å². The molecule has 7 heteroatoms. The van der Waals surface area contributed by atoms with Crippen molar-refractivity contribution < 1.29 is 28.4 Å². The van der Waals surface area contributed by atoms with Crippen molar-refractivity contribution in [1.82, 2.24) is 4.90 Å². The lowest BCUT2D eigenvalue weighted by atomic mass is 9.71. The molecular formula is C40H49NO6. The standard InChI is InChI=1S/C40H49NO6/c1-4-22-41(23-5-1)24-27-42-31-14-12-30(13-15-31)39-38(29-10-16-32(17-11-29)45-36-8-2-6-25-43-36)40(20-21-40)34-19-18-33(28-35(34)47-39)46-37-9-3-7-26-44-37/h10-19,28,36-39H,1-9,20-27H2. The molecule has 0 N–H and O–H groups in total. The number of benzene rings is 3. The van der Waals surface area contributed by atoms with E-state index < -0.39 is 0 Å². The molecule has 250 valence electrons. The predicted octanol–water partition coefficient (Wildman–Crippen LogP) is 8.31. The van der Waals surface area contributed by atoms with Crippen LogP contribution in [0.5, 0.6) is 23.0 Å². The summed E-state index contributed by atoms with van der Waals surface area (Å²) in [4.78, 5) is 2.52. The highest BCUT2D eigenvalue weighted by Crippen LogP contribution is 2.66. The average molecular weight is 640 g/mol. The third-order valence-electron chi connectivity index (χ3n) is 10.8. The Labute approximate surface area is 279 Å². The van der Waals surface area contributed by atoms with Crippen LogP contribution >= 0.6 is 0 Å². The summed E-state index contributed by atoms with van der Waals surface area (Å²) in [6.45, 7) is 5.61. The van der Waals surface area contributed by atoms with Gasteiger partial charge in [-0.05, 0) is 106 Å². The molecule has 4 fully saturated rings. The van der Waals surface area contributed by atoms with Crippen LogP contribution in [0.1, 0.15) is 99.3 Å². The maximum absolute atomic E-state index is 7.02. The van der Waals surface area contributed by atoms with Gasteiger partial charge < -0.3 is 28.4 Å². The smallest absolute Gasteiger partial charge is 0.199 e. The van der Waals surface area contributed by atoms with Crippen LogP contribution in [0.15, 0.2) is 66.7 Å². The minimum atomic E-state index is -0.189. The van der Waals surface area contributed by atoms with Gasteiger partial charge in [0.25, 0.3) is 0 Å². The summed E-state index contributed by atoms with van der Waals surface area (Å²) >= 11 is 0. The van der Waals surface area contributed by atoms with Crippen LogP contribution in [0.3, 0.4) is 0 Å². The number of fused-ring (bicyclic) bond motifs is 2. The molecule has 0 aromatic heterocycles. The van der Waals surface area contributed by atoms with E-state index in [2.05, 4.69) is 71.6 Å². The van der Waals surface area contributed by atoms with Crippen LogP contribution in [-0.4, -0.2) is 56.9 Å². The Balaban J connectivity index is 1.05. The van der Waals surface area contributed by atoms with Crippen molar-refractivity contribution in [3.63, 3.8) is 0 Å². The van der Waals surface area contributed by atoms with E-state index in [-0.39, 0.29) is 30.0 Å². The Hall–Kier alpha value is -3.26. The van der Waals surface area contributed by atoms with Crippen molar-refractivity contribution in [2.24, 2.45) is 0 Å².